The molecular weight excluding hydrogens is 420 g/mol. The van der Waals surface area contributed by atoms with Crippen molar-refractivity contribution in [3.8, 4) is 11.5 Å². The minimum absolute atomic E-state index is 0.287. The Morgan fingerprint density at radius 1 is 1.07 bits per heavy atom. The van der Waals surface area contributed by atoms with Crippen LogP contribution < -0.4 is 14.9 Å². The van der Waals surface area contributed by atoms with Gasteiger partial charge in [-0.3, -0.25) is 4.79 Å². The number of rotatable bonds is 7. The quantitative estimate of drug-likeness (QED) is 0.425. The van der Waals surface area contributed by atoms with Gasteiger partial charge < -0.3 is 9.47 Å². The average molecular weight is 439 g/mol. The summed E-state index contributed by atoms with van der Waals surface area (Å²) in [5, 5.41) is 4.05. The fraction of sp³-hybridized carbons (Fsp3) is 0.0909. The van der Waals surface area contributed by atoms with E-state index in [1.807, 2.05) is 54.6 Å². The number of benzene rings is 3. The van der Waals surface area contributed by atoms with E-state index in [1.165, 1.54) is 0 Å². The molecule has 3 rings (SSSR count). The van der Waals surface area contributed by atoms with Crippen LogP contribution in [0.4, 0.5) is 0 Å². The number of methoxy groups -OCH3 is 1. The highest BCUT2D eigenvalue weighted by molar-refractivity contribution is 9.10. The smallest absolute Gasteiger partial charge is 0.272 e. The maximum absolute atomic E-state index is 12.2. The molecule has 3 aromatic carbocycles. The molecule has 1 N–H and O–H groups in total. The molecule has 0 spiro atoms. The minimum atomic E-state index is -0.287. The predicted octanol–water partition coefficient (Wildman–Crippen LogP) is 4.80. The predicted molar refractivity (Wildman–Crippen MR) is 113 cm³/mol. The maximum atomic E-state index is 12.2. The van der Waals surface area contributed by atoms with Gasteiger partial charge in [0.25, 0.3) is 5.91 Å². The number of ether oxygens (including phenoxy) is 2. The molecule has 0 heterocycles. The number of nitrogens with zero attached hydrogens (tertiary/aromatic N) is 1. The van der Waals surface area contributed by atoms with E-state index in [0.717, 1.165) is 22.6 Å². The van der Waals surface area contributed by atoms with Gasteiger partial charge in [0.1, 0.15) is 18.1 Å². The Morgan fingerprint density at radius 2 is 1.82 bits per heavy atom. The van der Waals surface area contributed by atoms with Gasteiger partial charge in [0.15, 0.2) is 0 Å². The van der Waals surface area contributed by atoms with Gasteiger partial charge in [-0.2, -0.15) is 5.10 Å². The zero-order chi connectivity index (χ0) is 19.8. The molecule has 3 aromatic rings. The van der Waals surface area contributed by atoms with E-state index in [-0.39, 0.29) is 5.91 Å². The Balaban J connectivity index is 1.67. The molecular formula is C22H19BrN2O3. The summed E-state index contributed by atoms with van der Waals surface area (Å²) < 4.78 is 11.9. The molecule has 0 aliphatic heterocycles. The van der Waals surface area contributed by atoms with Crippen LogP contribution in [0.1, 0.15) is 21.5 Å². The third-order valence-electron chi connectivity index (χ3n) is 3.94. The molecule has 0 atom stereocenters. The summed E-state index contributed by atoms with van der Waals surface area (Å²) in [5.74, 6) is 1.22. The molecule has 28 heavy (non-hydrogen) atoms. The van der Waals surface area contributed by atoms with Crippen molar-refractivity contribution >= 4 is 28.1 Å². The van der Waals surface area contributed by atoms with Crippen LogP contribution in [0.5, 0.6) is 11.5 Å². The molecule has 0 bridgehead atoms. The summed E-state index contributed by atoms with van der Waals surface area (Å²) in [6, 6.07) is 22.4. The third-order valence-corrected chi connectivity index (χ3v) is 4.63. The van der Waals surface area contributed by atoms with Crippen LogP contribution in [-0.2, 0) is 6.61 Å². The number of hydrazone groups is 1. The van der Waals surface area contributed by atoms with Crippen LogP contribution in [-0.4, -0.2) is 19.2 Å². The monoisotopic (exact) mass is 438 g/mol. The van der Waals surface area contributed by atoms with Crippen LogP contribution >= 0.6 is 15.9 Å². The summed E-state index contributed by atoms with van der Waals surface area (Å²) in [7, 11) is 1.62. The van der Waals surface area contributed by atoms with Gasteiger partial charge in [-0.1, -0.05) is 30.3 Å². The van der Waals surface area contributed by atoms with Crippen LogP contribution in [0.2, 0.25) is 0 Å². The summed E-state index contributed by atoms with van der Waals surface area (Å²) in [4.78, 5) is 12.2. The van der Waals surface area contributed by atoms with Crippen molar-refractivity contribution in [2.75, 3.05) is 7.11 Å². The van der Waals surface area contributed by atoms with Crippen molar-refractivity contribution in [1.82, 2.24) is 5.43 Å². The van der Waals surface area contributed by atoms with E-state index in [9.17, 15) is 4.79 Å². The largest absolute Gasteiger partial charge is 0.496 e. The number of amides is 1. The summed E-state index contributed by atoms with van der Waals surface area (Å²) >= 11 is 3.36. The molecule has 0 saturated heterocycles. The Labute approximate surface area is 172 Å². The van der Waals surface area contributed by atoms with Crippen LogP contribution in [0, 0.1) is 0 Å². The Hall–Kier alpha value is -3.12. The first-order chi connectivity index (χ1) is 13.7. The number of halogens is 1. The lowest BCUT2D eigenvalue weighted by molar-refractivity contribution is 0.0954. The normalized spacial score (nSPS) is 10.6. The second kappa shape index (κ2) is 9.71. The van der Waals surface area contributed by atoms with E-state index < -0.39 is 0 Å². The lowest BCUT2D eigenvalue weighted by Gasteiger charge is -2.11. The van der Waals surface area contributed by atoms with E-state index in [4.69, 9.17) is 9.47 Å². The number of para-hydroxylation sites is 1. The van der Waals surface area contributed by atoms with Crippen molar-refractivity contribution in [3.63, 3.8) is 0 Å². The number of hydrogen-bond donors (Lipinski definition) is 1. The number of hydrogen-bond acceptors (Lipinski definition) is 4. The molecule has 142 valence electrons. The van der Waals surface area contributed by atoms with Crippen LogP contribution in [0.3, 0.4) is 0 Å². The molecule has 0 aliphatic rings. The molecule has 5 nitrogen and oxygen atoms in total. The van der Waals surface area contributed by atoms with E-state index in [1.54, 1.807) is 31.5 Å². The topological polar surface area (TPSA) is 59.9 Å². The number of nitrogens with one attached hydrogen (secondary N) is 1. The second-order valence-electron chi connectivity index (χ2n) is 5.85. The molecule has 6 heteroatoms. The molecule has 0 saturated carbocycles. The lowest BCUT2D eigenvalue weighted by atomic mass is 10.1. The lowest BCUT2D eigenvalue weighted by Crippen LogP contribution is -2.18. The Morgan fingerprint density at radius 3 is 2.57 bits per heavy atom. The van der Waals surface area contributed by atoms with Gasteiger partial charge in [-0.25, -0.2) is 5.43 Å². The molecule has 0 unspecified atom stereocenters. The van der Waals surface area contributed by atoms with Crippen molar-refractivity contribution in [2.45, 2.75) is 6.61 Å². The second-order valence-corrected chi connectivity index (χ2v) is 6.71. The molecule has 0 aliphatic carbocycles. The van der Waals surface area contributed by atoms with Crippen molar-refractivity contribution in [1.29, 1.82) is 0 Å². The number of carbonyl (C=O) groups is 1. The molecule has 0 fully saturated rings. The standard InChI is InChI=1S/C22H19BrN2O3/c1-27-21-12-11-16(13-17(21)15-28-18-7-3-2-4-8-18)14-24-25-22(26)19-9-5-6-10-20(19)23/h2-14H,15H2,1H3,(H,25,26)/b24-14-. The van der Waals surface area contributed by atoms with Gasteiger partial charge >= 0.3 is 0 Å². The zero-order valence-corrected chi connectivity index (χ0v) is 16.8. The third kappa shape index (κ3) is 5.20. The SMILES string of the molecule is COc1ccc(/C=N\NC(=O)c2ccccc2Br)cc1COc1ccccc1. The van der Waals surface area contributed by atoms with E-state index in [2.05, 4.69) is 26.5 Å². The van der Waals surface area contributed by atoms with E-state index >= 15 is 0 Å². The number of carbonyl (C=O) groups excluding carboxylic acids is 1. The molecule has 0 radical (unpaired) electrons. The van der Waals surface area contributed by atoms with Crippen molar-refractivity contribution in [3.05, 3.63) is 94.0 Å². The van der Waals surface area contributed by atoms with Crippen molar-refractivity contribution in [2.24, 2.45) is 5.10 Å². The summed E-state index contributed by atoms with van der Waals surface area (Å²) in [5.41, 5.74) is 4.75. The van der Waals surface area contributed by atoms with Gasteiger partial charge in [0, 0.05) is 10.0 Å². The Bertz CT molecular complexity index is 975. The van der Waals surface area contributed by atoms with Gasteiger partial charge in [0.2, 0.25) is 0 Å². The minimum Gasteiger partial charge on any atom is -0.496 e. The van der Waals surface area contributed by atoms with Crippen molar-refractivity contribution < 1.29 is 14.3 Å². The first-order valence-corrected chi connectivity index (χ1v) is 9.39. The highest BCUT2D eigenvalue weighted by atomic mass is 79.9. The van der Waals surface area contributed by atoms with Gasteiger partial charge in [0.05, 0.1) is 18.9 Å². The van der Waals surface area contributed by atoms with Crippen LogP contribution in [0.25, 0.3) is 0 Å². The zero-order valence-electron chi connectivity index (χ0n) is 15.3. The van der Waals surface area contributed by atoms with E-state index in [0.29, 0.717) is 16.6 Å². The van der Waals surface area contributed by atoms with Gasteiger partial charge in [-0.15, -0.1) is 0 Å². The Kier molecular flexibility index (Phi) is 6.81. The summed E-state index contributed by atoms with van der Waals surface area (Å²) in [6.07, 6.45) is 1.58. The molecule has 1 amide bonds. The van der Waals surface area contributed by atoms with Gasteiger partial charge in [-0.05, 0) is 64.0 Å². The molecule has 0 aromatic heterocycles. The maximum Gasteiger partial charge on any atom is 0.272 e. The first-order valence-electron chi connectivity index (χ1n) is 8.60. The highest BCUT2D eigenvalue weighted by Crippen LogP contribution is 2.22. The fourth-order valence-corrected chi connectivity index (χ4v) is 3.01. The highest BCUT2D eigenvalue weighted by Gasteiger charge is 2.08. The average Bonchev–Trinajstić information content (AvgIpc) is 2.73. The first kappa shape index (κ1) is 19.6. The van der Waals surface area contributed by atoms with Crippen LogP contribution in [0.15, 0.2) is 82.4 Å². The summed E-state index contributed by atoms with van der Waals surface area (Å²) in [6.45, 7) is 0.359. The fourth-order valence-electron chi connectivity index (χ4n) is 2.54.